The van der Waals surface area contributed by atoms with Gasteiger partial charge in [-0.05, 0) is 45.8 Å². The summed E-state index contributed by atoms with van der Waals surface area (Å²) in [5.41, 5.74) is 1.43. The monoisotopic (exact) mass is 605 g/mol. The predicted octanol–water partition coefficient (Wildman–Crippen LogP) is 3.54. The van der Waals surface area contributed by atoms with E-state index in [0.717, 1.165) is 21.4 Å². The maximum Gasteiger partial charge on any atom is 0.330 e. The smallest absolute Gasteiger partial charge is 0.330 e. The minimum atomic E-state index is -0.583. The van der Waals surface area contributed by atoms with Crippen molar-refractivity contribution >= 4 is 44.5 Å². The highest BCUT2D eigenvalue weighted by atomic mass is 79.9. The van der Waals surface area contributed by atoms with Crippen molar-refractivity contribution < 1.29 is 4.79 Å². The number of fused-ring (bicyclic) bond motifs is 1. The minimum Gasteiger partial charge on any atom is -0.337 e. The van der Waals surface area contributed by atoms with Crippen LogP contribution in [0.5, 0.6) is 0 Å². The normalized spacial score (nSPS) is 14.4. The van der Waals surface area contributed by atoms with Gasteiger partial charge in [0.15, 0.2) is 0 Å². The molecule has 1 aliphatic heterocycles. The van der Waals surface area contributed by atoms with E-state index < -0.39 is 11.2 Å². The highest BCUT2D eigenvalue weighted by molar-refractivity contribution is 9.10. The summed E-state index contributed by atoms with van der Waals surface area (Å²) < 4.78 is 3.81. The van der Waals surface area contributed by atoms with Crippen molar-refractivity contribution in [3.8, 4) is 5.69 Å². The Morgan fingerprint density at radius 2 is 1.90 bits per heavy atom. The van der Waals surface area contributed by atoms with Gasteiger partial charge in [0, 0.05) is 29.2 Å². The van der Waals surface area contributed by atoms with Crippen molar-refractivity contribution in [1.82, 2.24) is 34.4 Å². The van der Waals surface area contributed by atoms with Gasteiger partial charge in [-0.25, -0.2) is 14.5 Å². The van der Waals surface area contributed by atoms with Crippen molar-refractivity contribution in [2.24, 2.45) is 0 Å². The Hall–Kier alpha value is -4.09. The summed E-state index contributed by atoms with van der Waals surface area (Å²) in [5, 5.41) is 9.37. The van der Waals surface area contributed by atoms with Gasteiger partial charge < -0.3 is 4.90 Å². The zero-order valence-corrected chi connectivity index (χ0v) is 23.0. The average molecular weight is 607 g/mol. The van der Waals surface area contributed by atoms with Crippen LogP contribution in [0.15, 0.2) is 81.1 Å². The molecular weight excluding hydrogens is 586 g/mol. The standard InChI is InChI=1S/C27H21BrClN7O3/c1-27(22-13-36(33-32-22)18-7-8-21(29)20(28)10-18)14-34(15-27)25(38)17-9-19-23(30-11-17)35(26(39)31-24(19)37)12-16-5-3-2-4-6-16/h2-11,13H,12,14-15H2,1H3,(H,31,37,39). The van der Waals surface area contributed by atoms with Gasteiger partial charge in [-0.3, -0.25) is 19.1 Å². The molecular formula is C27H21BrClN7O3. The number of aromatic nitrogens is 6. The van der Waals surface area contributed by atoms with E-state index in [1.165, 1.54) is 16.8 Å². The lowest BCUT2D eigenvalue weighted by molar-refractivity contribution is 0.0423. The number of nitrogens with zero attached hydrogens (tertiary/aromatic N) is 6. The molecule has 2 aromatic carbocycles. The topological polar surface area (TPSA) is 119 Å². The molecule has 12 heteroatoms. The van der Waals surface area contributed by atoms with Gasteiger partial charge in [-0.2, -0.15) is 0 Å². The van der Waals surface area contributed by atoms with Gasteiger partial charge in [0.2, 0.25) is 0 Å². The van der Waals surface area contributed by atoms with Crippen molar-refractivity contribution in [2.75, 3.05) is 13.1 Å². The van der Waals surface area contributed by atoms with Crippen LogP contribution in [0, 0.1) is 0 Å². The Labute approximate surface area is 235 Å². The van der Waals surface area contributed by atoms with E-state index >= 15 is 0 Å². The second-order valence-electron chi connectivity index (χ2n) is 9.79. The molecule has 0 aliphatic carbocycles. The fourth-order valence-corrected chi connectivity index (χ4v) is 5.26. The molecule has 0 bridgehead atoms. The molecule has 1 amide bonds. The average Bonchev–Trinajstić information content (AvgIpc) is 3.42. The number of carbonyl (C=O) groups is 1. The summed E-state index contributed by atoms with van der Waals surface area (Å²) in [6.07, 6.45) is 3.26. The van der Waals surface area contributed by atoms with E-state index in [-0.39, 0.29) is 34.5 Å². The van der Waals surface area contributed by atoms with Gasteiger partial charge in [-0.1, -0.05) is 54.1 Å². The van der Waals surface area contributed by atoms with Crippen molar-refractivity contribution in [1.29, 1.82) is 0 Å². The zero-order valence-electron chi connectivity index (χ0n) is 20.6. The van der Waals surface area contributed by atoms with Gasteiger partial charge >= 0.3 is 5.69 Å². The number of hydrogen-bond donors (Lipinski definition) is 1. The number of carbonyl (C=O) groups excluding carboxylic acids is 1. The lowest BCUT2D eigenvalue weighted by Crippen LogP contribution is -2.59. The van der Waals surface area contributed by atoms with Crippen LogP contribution in [-0.2, 0) is 12.0 Å². The summed E-state index contributed by atoms with van der Waals surface area (Å²) in [5.74, 6) is -0.254. The summed E-state index contributed by atoms with van der Waals surface area (Å²) in [7, 11) is 0. The minimum absolute atomic E-state index is 0.178. The molecule has 1 saturated heterocycles. The Morgan fingerprint density at radius 1 is 1.13 bits per heavy atom. The van der Waals surface area contributed by atoms with E-state index in [1.807, 2.05) is 55.6 Å². The van der Waals surface area contributed by atoms with Gasteiger partial charge in [0.25, 0.3) is 11.5 Å². The molecule has 0 unspecified atom stereocenters. The molecule has 5 aromatic rings. The van der Waals surface area contributed by atoms with Crippen LogP contribution < -0.4 is 11.2 Å². The van der Waals surface area contributed by atoms with E-state index in [0.29, 0.717) is 18.1 Å². The van der Waals surface area contributed by atoms with Gasteiger partial charge in [0.05, 0.1) is 40.1 Å². The van der Waals surface area contributed by atoms with Gasteiger partial charge in [-0.15, -0.1) is 5.10 Å². The Bertz CT molecular complexity index is 1860. The molecule has 1 N–H and O–H groups in total. The predicted molar refractivity (Wildman–Crippen MR) is 149 cm³/mol. The Kier molecular flexibility index (Phi) is 6.19. The first-order valence-corrected chi connectivity index (χ1v) is 13.2. The first kappa shape index (κ1) is 25.2. The first-order valence-electron chi connectivity index (χ1n) is 12.1. The second-order valence-corrected chi connectivity index (χ2v) is 11.1. The zero-order chi connectivity index (χ0) is 27.3. The fraction of sp³-hybridized carbons (Fsp3) is 0.185. The number of nitrogens with one attached hydrogen (secondary N) is 1. The molecule has 0 saturated carbocycles. The number of pyridine rings is 1. The fourth-order valence-electron chi connectivity index (χ4n) is 4.78. The molecule has 3 aromatic heterocycles. The summed E-state index contributed by atoms with van der Waals surface area (Å²) in [6.45, 7) is 3.12. The van der Waals surface area contributed by atoms with E-state index in [2.05, 4.69) is 36.2 Å². The van der Waals surface area contributed by atoms with E-state index in [9.17, 15) is 14.4 Å². The van der Waals surface area contributed by atoms with Crippen LogP contribution in [0.25, 0.3) is 16.7 Å². The highest BCUT2D eigenvalue weighted by Crippen LogP contribution is 2.34. The molecule has 1 fully saturated rings. The highest BCUT2D eigenvalue weighted by Gasteiger charge is 2.45. The number of halogens is 2. The summed E-state index contributed by atoms with van der Waals surface area (Å²) >= 11 is 9.51. The molecule has 4 heterocycles. The van der Waals surface area contributed by atoms with Crippen molar-refractivity contribution in [2.45, 2.75) is 18.9 Å². The largest absolute Gasteiger partial charge is 0.337 e. The third kappa shape index (κ3) is 4.57. The molecule has 0 spiro atoms. The van der Waals surface area contributed by atoms with E-state index in [4.69, 9.17) is 11.6 Å². The van der Waals surface area contributed by atoms with Crippen molar-refractivity contribution in [3.05, 3.63) is 114 Å². The van der Waals surface area contributed by atoms with Crippen LogP contribution in [0.3, 0.4) is 0 Å². The maximum atomic E-state index is 13.3. The summed E-state index contributed by atoms with van der Waals surface area (Å²) in [4.78, 5) is 46.8. The number of hydrogen-bond acceptors (Lipinski definition) is 6. The number of benzene rings is 2. The quantitative estimate of drug-likeness (QED) is 0.327. The Morgan fingerprint density at radius 3 is 2.64 bits per heavy atom. The van der Waals surface area contributed by atoms with Crippen LogP contribution in [0.1, 0.15) is 28.5 Å². The number of likely N-dealkylation sites (tertiary alicyclic amines) is 1. The van der Waals surface area contributed by atoms with Crippen LogP contribution in [0.4, 0.5) is 0 Å². The lowest BCUT2D eigenvalue weighted by atomic mass is 9.79. The first-order chi connectivity index (χ1) is 18.7. The SMILES string of the molecule is CC1(c2cn(-c3ccc(Cl)c(Br)c3)nn2)CN(C(=O)c2cnc3c(c2)c(=O)[nH]c(=O)n3Cc2ccccc2)C1. The Balaban J connectivity index is 1.22. The molecule has 0 radical (unpaired) electrons. The molecule has 196 valence electrons. The number of rotatable bonds is 5. The van der Waals surface area contributed by atoms with Gasteiger partial charge in [0.1, 0.15) is 5.65 Å². The van der Waals surface area contributed by atoms with E-state index in [1.54, 1.807) is 15.6 Å². The third-order valence-corrected chi connectivity index (χ3v) is 8.12. The molecule has 6 rings (SSSR count). The number of amides is 1. The maximum absolute atomic E-state index is 13.3. The molecule has 10 nitrogen and oxygen atoms in total. The lowest BCUT2D eigenvalue weighted by Gasteiger charge is -2.46. The number of aromatic amines is 1. The molecule has 1 aliphatic rings. The van der Waals surface area contributed by atoms with Crippen LogP contribution in [-0.4, -0.2) is 53.4 Å². The molecule has 0 atom stereocenters. The third-order valence-electron chi connectivity index (χ3n) is 6.91. The number of H-pyrrole nitrogens is 1. The second kappa shape index (κ2) is 9.58. The van der Waals surface area contributed by atoms with Crippen LogP contribution in [0.2, 0.25) is 5.02 Å². The summed E-state index contributed by atoms with van der Waals surface area (Å²) in [6, 6.07) is 16.4. The molecule has 39 heavy (non-hydrogen) atoms. The van der Waals surface area contributed by atoms with Crippen LogP contribution >= 0.6 is 27.5 Å². The van der Waals surface area contributed by atoms with Crippen molar-refractivity contribution in [3.63, 3.8) is 0 Å².